The van der Waals surface area contributed by atoms with Gasteiger partial charge in [-0.3, -0.25) is 0 Å². The lowest BCUT2D eigenvalue weighted by Crippen LogP contribution is -2.05. The van der Waals surface area contributed by atoms with E-state index in [-0.39, 0.29) is 0 Å². The van der Waals surface area contributed by atoms with Crippen molar-refractivity contribution in [2.24, 2.45) is 5.92 Å². The number of aromatic nitrogens is 1. The average molecular weight is 289 g/mol. The van der Waals surface area contributed by atoms with Gasteiger partial charge in [-0.25, -0.2) is 0 Å². The molecule has 1 atom stereocenters. The van der Waals surface area contributed by atoms with E-state index < -0.39 is 0 Å². The van der Waals surface area contributed by atoms with E-state index in [0.717, 1.165) is 5.92 Å². The highest BCUT2D eigenvalue weighted by Gasteiger charge is 2.20. The van der Waals surface area contributed by atoms with Gasteiger partial charge in [0.15, 0.2) is 0 Å². The van der Waals surface area contributed by atoms with Crippen molar-refractivity contribution in [3.63, 3.8) is 0 Å². The molecular formula is C21H23N. The third-order valence-corrected chi connectivity index (χ3v) is 5.12. The summed E-state index contributed by atoms with van der Waals surface area (Å²) in [6.45, 7) is 0. The van der Waals surface area contributed by atoms with Gasteiger partial charge in [0.2, 0.25) is 0 Å². The Kier molecular flexibility index (Phi) is 3.72. The fourth-order valence-corrected chi connectivity index (χ4v) is 3.94. The highest BCUT2D eigenvalue weighted by Crippen LogP contribution is 2.32. The Bertz CT molecular complexity index is 754. The molecule has 1 aliphatic rings. The molecule has 1 aromatic heterocycles. The molecule has 0 aliphatic heterocycles. The highest BCUT2D eigenvalue weighted by molar-refractivity contribution is 5.84. The molecule has 0 spiro atoms. The van der Waals surface area contributed by atoms with Crippen molar-refractivity contribution in [1.82, 2.24) is 4.98 Å². The maximum Gasteiger partial charge on any atom is 0.0458 e. The zero-order chi connectivity index (χ0) is 14.8. The third kappa shape index (κ3) is 2.68. The second-order valence-corrected chi connectivity index (χ2v) is 6.61. The molecule has 0 radical (unpaired) electrons. The zero-order valence-corrected chi connectivity index (χ0v) is 13.0. The van der Waals surface area contributed by atoms with Crippen LogP contribution in [0.15, 0.2) is 54.6 Å². The van der Waals surface area contributed by atoms with Crippen LogP contribution in [0, 0.1) is 5.92 Å². The fourth-order valence-electron chi connectivity index (χ4n) is 3.94. The molecule has 1 nitrogen and oxygen atoms in total. The molecule has 0 amide bonds. The van der Waals surface area contributed by atoms with E-state index in [1.807, 2.05) is 0 Å². The number of H-pyrrole nitrogens is 1. The molecule has 1 aliphatic carbocycles. The largest absolute Gasteiger partial charge is 0.358 e. The summed E-state index contributed by atoms with van der Waals surface area (Å²) in [6, 6.07) is 19.7. The molecule has 0 bridgehead atoms. The normalized spacial score (nSPS) is 18.1. The molecule has 1 unspecified atom stereocenters. The molecule has 0 fully saturated rings. The van der Waals surface area contributed by atoms with Crippen LogP contribution in [0.25, 0.3) is 10.9 Å². The monoisotopic (exact) mass is 289 g/mol. The van der Waals surface area contributed by atoms with Crippen LogP contribution >= 0.6 is 0 Å². The van der Waals surface area contributed by atoms with Crippen LogP contribution in [-0.2, 0) is 19.3 Å². The number of hydrogen-bond donors (Lipinski definition) is 1. The van der Waals surface area contributed by atoms with Crippen molar-refractivity contribution in [3.8, 4) is 0 Å². The SMILES string of the molecule is c1ccc(CCC2CCCc3c([nH]c4ccccc34)C2)cc1. The Morgan fingerprint density at radius 1 is 0.955 bits per heavy atom. The number of para-hydroxylation sites is 1. The summed E-state index contributed by atoms with van der Waals surface area (Å²) in [7, 11) is 0. The summed E-state index contributed by atoms with van der Waals surface area (Å²) >= 11 is 0. The standard InChI is InChI=1S/C21H23N/c1-2-7-16(8-3-1)13-14-17-9-6-11-19-18-10-4-5-12-20(18)22-21(19)15-17/h1-5,7-8,10,12,17,22H,6,9,11,13-15H2. The van der Waals surface area contributed by atoms with Gasteiger partial charge in [-0.15, -0.1) is 0 Å². The molecule has 0 saturated heterocycles. The van der Waals surface area contributed by atoms with Crippen molar-refractivity contribution >= 4 is 10.9 Å². The average Bonchev–Trinajstić information content (AvgIpc) is 2.78. The molecule has 22 heavy (non-hydrogen) atoms. The molecule has 1 heterocycles. The van der Waals surface area contributed by atoms with Crippen LogP contribution < -0.4 is 0 Å². The van der Waals surface area contributed by atoms with Gasteiger partial charge in [0.25, 0.3) is 0 Å². The van der Waals surface area contributed by atoms with Crippen LogP contribution in [0.2, 0.25) is 0 Å². The fraction of sp³-hybridized carbons (Fsp3) is 0.333. The van der Waals surface area contributed by atoms with Gasteiger partial charge in [0.1, 0.15) is 0 Å². The second-order valence-electron chi connectivity index (χ2n) is 6.61. The minimum atomic E-state index is 0.814. The lowest BCUT2D eigenvalue weighted by molar-refractivity contribution is 0.444. The molecule has 112 valence electrons. The smallest absolute Gasteiger partial charge is 0.0458 e. The van der Waals surface area contributed by atoms with Gasteiger partial charge in [-0.1, -0.05) is 48.5 Å². The minimum Gasteiger partial charge on any atom is -0.358 e. The van der Waals surface area contributed by atoms with Crippen LogP contribution in [0.5, 0.6) is 0 Å². The molecule has 1 N–H and O–H groups in total. The van der Waals surface area contributed by atoms with Gasteiger partial charge < -0.3 is 4.98 Å². The van der Waals surface area contributed by atoms with E-state index in [2.05, 4.69) is 59.6 Å². The van der Waals surface area contributed by atoms with Crippen LogP contribution in [0.4, 0.5) is 0 Å². The predicted octanol–water partition coefficient (Wildman–Crippen LogP) is 5.30. The number of aryl methyl sites for hydroxylation is 2. The first-order valence-electron chi connectivity index (χ1n) is 8.52. The number of fused-ring (bicyclic) bond motifs is 3. The number of benzene rings is 2. The minimum absolute atomic E-state index is 0.814. The quantitative estimate of drug-likeness (QED) is 0.630. The van der Waals surface area contributed by atoms with E-state index in [1.165, 1.54) is 60.7 Å². The van der Waals surface area contributed by atoms with Crippen molar-refractivity contribution in [2.75, 3.05) is 0 Å². The third-order valence-electron chi connectivity index (χ3n) is 5.12. The van der Waals surface area contributed by atoms with Gasteiger partial charge in [-0.05, 0) is 61.6 Å². The Morgan fingerprint density at radius 2 is 1.77 bits per heavy atom. The summed E-state index contributed by atoms with van der Waals surface area (Å²) in [5, 5.41) is 1.45. The van der Waals surface area contributed by atoms with Crippen molar-refractivity contribution in [3.05, 3.63) is 71.4 Å². The Balaban J connectivity index is 1.52. The molecule has 4 rings (SSSR count). The Labute approximate surface area is 132 Å². The molecular weight excluding hydrogens is 266 g/mol. The summed E-state index contributed by atoms with van der Waals surface area (Å²) in [5.41, 5.74) is 5.87. The molecule has 2 aromatic carbocycles. The predicted molar refractivity (Wildman–Crippen MR) is 93.2 cm³/mol. The summed E-state index contributed by atoms with van der Waals surface area (Å²) < 4.78 is 0. The van der Waals surface area contributed by atoms with Crippen LogP contribution in [0.3, 0.4) is 0 Å². The number of nitrogens with one attached hydrogen (secondary N) is 1. The van der Waals surface area contributed by atoms with Crippen LogP contribution in [0.1, 0.15) is 36.1 Å². The van der Waals surface area contributed by atoms with Gasteiger partial charge in [0, 0.05) is 16.6 Å². The first kappa shape index (κ1) is 13.6. The zero-order valence-electron chi connectivity index (χ0n) is 13.0. The lowest BCUT2D eigenvalue weighted by Gasteiger charge is -2.14. The van der Waals surface area contributed by atoms with Crippen LogP contribution in [-0.4, -0.2) is 4.98 Å². The van der Waals surface area contributed by atoms with E-state index >= 15 is 0 Å². The summed E-state index contributed by atoms with van der Waals surface area (Å²) in [6.07, 6.45) is 7.66. The summed E-state index contributed by atoms with van der Waals surface area (Å²) in [5.74, 6) is 0.814. The van der Waals surface area contributed by atoms with Gasteiger partial charge in [-0.2, -0.15) is 0 Å². The Hall–Kier alpha value is -2.02. The highest BCUT2D eigenvalue weighted by atomic mass is 14.7. The van der Waals surface area contributed by atoms with Gasteiger partial charge in [0.05, 0.1) is 0 Å². The maximum atomic E-state index is 3.68. The van der Waals surface area contributed by atoms with Crippen molar-refractivity contribution < 1.29 is 0 Å². The first-order chi connectivity index (χ1) is 10.9. The summed E-state index contributed by atoms with van der Waals surface area (Å²) in [4.78, 5) is 3.68. The van der Waals surface area contributed by atoms with Crippen molar-refractivity contribution in [2.45, 2.75) is 38.5 Å². The Morgan fingerprint density at radius 3 is 2.68 bits per heavy atom. The molecule has 0 saturated carbocycles. The first-order valence-corrected chi connectivity index (χ1v) is 8.52. The number of rotatable bonds is 3. The number of aromatic amines is 1. The van der Waals surface area contributed by atoms with Crippen molar-refractivity contribution in [1.29, 1.82) is 0 Å². The van der Waals surface area contributed by atoms with E-state index in [9.17, 15) is 0 Å². The van der Waals surface area contributed by atoms with Gasteiger partial charge >= 0.3 is 0 Å². The van der Waals surface area contributed by atoms with E-state index in [4.69, 9.17) is 0 Å². The lowest BCUT2D eigenvalue weighted by atomic mass is 9.92. The molecule has 1 heteroatoms. The second kappa shape index (κ2) is 6.00. The van der Waals surface area contributed by atoms with E-state index in [0.29, 0.717) is 0 Å². The maximum absolute atomic E-state index is 3.68. The number of hydrogen-bond acceptors (Lipinski definition) is 0. The molecule has 3 aromatic rings. The topological polar surface area (TPSA) is 15.8 Å². The van der Waals surface area contributed by atoms with E-state index in [1.54, 1.807) is 5.56 Å².